The van der Waals surface area contributed by atoms with E-state index in [1.54, 1.807) is 0 Å². The third kappa shape index (κ3) is 2.97. The molecule has 0 aliphatic carbocycles. The van der Waals surface area contributed by atoms with Gasteiger partial charge in [-0.1, -0.05) is 0 Å². The Morgan fingerprint density at radius 1 is 1.41 bits per heavy atom. The number of nitrogen functional groups attached to an aromatic ring is 1. The molecule has 0 spiro atoms. The normalized spacial score (nSPS) is 16.8. The van der Waals surface area contributed by atoms with Gasteiger partial charge in [-0.05, 0) is 18.8 Å². The Labute approximate surface area is 100 Å². The van der Waals surface area contributed by atoms with E-state index >= 15 is 0 Å². The molecule has 0 aromatic carbocycles. The largest absolute Gasteiger partial charge is 0.489 e. The van der Waals surface area contributed by atoms with Crippen LogP contribution in [-0.4, -0.2) is 36.9 Å². The molecule has 6 heteroatoms. The lowest BCUT2D eigenvalue weighted by Gasteiger charge is -2.22. The molecule has 0 bridgehead atoms. The molecule has 94 valence electrons. The van der Waals surface area contributed by atoms with E-state index in [-0.39, 0.29) is 0 Å². The van der Waals surface area contributed by atoms with E-state index in [1.807, 2.05) is 0 Å². The number of rotatable bonds is 4. The van der Waals surface area contributed by atoms with E-state index in [0.29, 0.717) is 30.0 Å². The summed E-state index contributed by atoms with van der Waals surface area (Å²) in [7, 11) is 1.52. The third-order valence-corrected chi connectivity index (χ3v) is 2.80. The van der Waals surface area contributed by atoms with Gasteiger partial charge in [-0.15, -0.1) is 0 Å². The lowest BCUT2D eigenvalue weighted by Crippen LogP contribution is -2.21. The van der Waals surface area contributed by atoms with Gasteiger partial charge < -0.3 is 19.9 Å². The topological polar surface area (TPSA) is 79.5 Å². The van der Waals surface area contributed by atoms with Crippen LogP contribution in [0.1, 0.15) is 12.8 Å². The molecule has 0 unspecified atom stereocenters. The number of hydrogen-bond acceptors (Lipinski definition) is 6. The average Bonchev–Trinajstić information content (AvgIpc) is 2.37. The summed E-state index contributed by atoms with van der Waals surface area (Å²) in [6.07, 6.45) is 3.41. The lowest BCUT2D eigenvalue weighted by atomic mass is 10.0. The van der Waals surface area contributed by atoms with E-state index in [0.717, 1.165) is 26.1 Å². The molecule has 1 aromatic heterocycles. The monoisotopic (exact) mass is 239 g/mol. The van der Waals surface area contributed by atoms with Crippen LogP contribution in [0.5, 0.6) is 11.6 Å². The van der Waals surface area contributed by atoms with Crippen LogP contribution in [0.4, 0.5) is 5.82 Å². The summed E-state index contributed by atoms with van der Waals surface area (Å²) in [4.78, 5) is 7.87. The van der Waals surface area contributed by atoms with Crippen LogP contribution >= 0.6 is 0 Å². The second-order valence-corrected chi connectivity index (χ2v) is 3.96. The standard InChI is InChI=1S/C11H17N3O3/c1-15-9-10(12)13-7-14-11(9)17-6-8-2-4-16-5-3-8/h7-8H,2-6H2,1H3,(H2,12,13,14). The van der Waals surface area contributed by atoms with Crippen LogP contribution in [0.25, 0.3) is 0 Å². The summed E-state index contributed by atoms with van der Waals surface area (Å²) in [6.45, 7) is 2.21. The first kappa shape index (κ1) is 11.9. The maximum absolute atomic E-state index is 5.66. The Bertz CT molecular complexity index is 367. The van der Waals surface area contributed by atoms with E-state index in [9.17, 15) is 0 Å². The van der Waals surface area contributed by atoms with Crippen molar-refractivity contribution in [3.63, 3.8) is 0 Å². The van der Waals surface area contributed by atoms with Gasteiger partial charge >= 0.3 is 0 Å². The van der Waals surface area contributed by atoms with Crippen LogP contribution in [0.3, 0.4) is 0 Å². The second kappa shape index (κ2) is 5.67. The van der Waals surface area contributed by atoms with Gasteiger partial charge in [0.2, 0.25) is 5.75 Å². The molecule has 1 aromatic rings. The minimum Gasteiger partial charge on any atom is -0.489 e. The van der Waals surface area contributed by atoms with E-state index < -0.39 is 0 Å². The van der Waals surface area contributed by atoms with E-state index in [2.05, 4.69) is 9.97 Å². The Morgan fingerprint density at radius 3 is 2.88 bits per heavy atom. The highest BCUT2D eigenvalue weighted by Crippen LogP contribution is 2.29. The molecule has 0 atom stereocenters. The van der Waals surface area contributed by atoms with Crippen LogP contribution in [0.2, 0.25) is 0 Å². The zero-order valence-corrected chi connectivity index (χ0v) is 9.89. The Hall–Kier alpha value is -1.56. The van der Waals surface area contributed by atoms with Crippen molar-refractivity contribution in [2.75, 3.05) is 32.7 Å². The van der Waals surface area contributed by atoms with Gasteiger partial charge in [-0.3, -0.25) is 0 Å². The highest BCUT2D eigenvalue weighted by molar-refractivity contribution is 5.51. The van der Waals surface area contributed by atoms with Crippen LogP contribution in [-0.2, 0) is 4.74 Å². The first-order valence-corrected chi connectivity index (χ1v) is 5.66. The summed E-state index contributed by atoms with van der Waals surface area (Å²) in [6, 6.07) is 0. The van der Waals surface area contributed by atoms with Gasteiger partial charge in [-0.2, -0.15) is 4.98 Å². The fraction of sp³-hybridized carbons (Fsp3) is 0.636. The predicted octanol–water partition coefficient (Wildman–Crippen LogP) is 0.873. The van der Waals surface area contributed by atoms with Crippen LogP contribution in [0, 0.1) is 5.92 Å². The van der Waals surface area contributed by atoms with Crippen molar-refractivity contribution in [1.82, 2.24) is 9.97 Å². The summed E-state index contributed by atoms with van der Waals surface area (Å²) in [5.74, 6) is 1.61. The van der Waals surface area contributed by atoms with Crippen LogP contribution < -0.4 is 15.2 Å². The number of anilines is 1. The molecule has 1 saturated heterocycles. The molecule has 17 heavy (non-hydrogen) atoms. The number of nitrogens with zero attached hydrogens (tertiary/aromatic N) is 2. The maximum atomic E-state index is 5.66. The molecule has 6 nitrogen and oxygen atoms in total. The SMILES string of the molecule is COc1c(N)ncnc1OCC1CCOCC1. The molecule has 1 aliphatic heterocycles. The molecular formula is C11H17N3O3. The zero-order chi connectivity index (χ0) is 12.1. The molecule has 2 rings (SSSR count). The highest BCUT2D eigenvalue weighted by Gasteiger charge is 2.17. The number of aromatic nitrogens is 2. The Balaban J connectivity index is 1.95. The van der Waals surface area contributed by atoms with Gasteiger partial charge in [0.25, 0.3) is 5.88 Å². The average molecular weight is 239 g/mol. The quantitative estimate of drug-likeness (QED) is 0.840. The highest BCUT2D eigenvalue weighted by atomic mass is 16.5. The Kier molecular flexibility index (Phi) is 3.98. The third-order valence-electron chi connectivity index (χ3n) is 2.80. The minimum absolute atomic E-state index is 0.296. The number of nitrogens with two attached hydrogens (primary N) is 1. The smallest absolute Gasteiger partial charge is 0.262 e. The second-order valence-electron chi connectivity index (χ2n) is 3.96. The zero-order valence-electron chi connectivity index (χ0n) is 9.89. The van der Waals surface area contributed by atoms with E-state index in [4.69, 9.17) is 19.9 Å². The molecule has 0 amide bonds. The molecule has 1 fully saturated rings. The minimum atomic E-state index is 0.296. The van der Waals surface area contributed by atoms with Gasteiger partial charge in [0, 0.05) is 13.2 Å². The first-order valence-electron chi connectivity index (χ1n) is 5.66. The van der Waals surface area contributed by atoms with Gasteiger partial charge in [-0.25, -0.2) is 4.98 Å². The molecule has 1 aliphatic rings. The van der Waals surface area contributed by atoms with Crippen molar-refractivity contribution < 1.29 is 14.2 Å². The predicted molar refractivity (Wildman–Crippen MR) is 62.0 cm³/mol. The maximum Gasteiger partial charge on any atom is 0.262 e. The fourth-order valence-electron chi connectivity index (χ4n) is 1.77. The number of methoxy groups -OCH3 is 1. The van der Waals surface area contributed by atoms with Crippen molar-refractivity contribution in [2.24, 2.45) is 5.92 Å². The molecule has 0 saturated carbocycles. The molecule has 2 N–H and O–H groups in total. The van der Waals surface area contributed by atoms with E-state index in [1.165, 1.54) is 13.4 Å². The molecule has 2 heterocycles. The van der Waals surface area contributed by atoms with Crippen molar-refractivity contribution in [3.8, 4) is 11.6 Å². The van der Waals surface area contributed by atoms with Crippen molar-refractivity contribution in [1.29, 1.82) is 0 Å². The Morgan fingerprint density at radius 2 is 2.18 bits per heavy atom. The lowest BCUT2D eigenvalue weighted by molar-refractivity contribution is 0.0485. The first-order chi connectivity index (χ1) is 8.31. The summed E-state index contributed by atoms with van der Waals surface area (Å²) < 4.78 is 16.0. The summed E-state index contributed by atoms with van der Waals surface area (Å²) >= 11 is 0. The van der Waals surface area contributed by atoms with Gasteiger partial charge in [0.05, 0.1) is 13.7 Å². The number of ether oxygens (including phenoxy) is 3. The van der Waals surface area contributed by atoms with Crippen LogP contribution in [0.15, 0.2) is 6.33 Å². The summed E-state index contributed by atoms with van der Waals surface area (Å²) in [5, 5.41) is 0. The van der Waals surface area contributed by atoms with Crippen molar-refractivity contribution >= 4 is 5.82 Å². The number of hydrogen-bond donors (Lipinski definition) is 1. The fourth-order valence-corrected chi connectivity index (χ4v) is 1.77. The summed E-state index contributed by atoms with van der Waals surface area (Å²) in [5.41, 5.74) is 5.66. The molecular weight excluding hydrogens is 222 g/mol. The van der Waals surface area contributed by atoms with Crippen molar-refractivity contribution in [2.45, 2.75) is 12.8 Å². The van der Waals surface area contributed by atoms with Gasteiger partial charge in [0.1, 0.15) is 6.33 Å². The van der Waals surface area contributed by atoms with Crippen molar-refractivity contribution in [3.05, 3.63) is 6.33 Å². The molecule has 0 radical (unpaired) electrons. The van der Waals surface area contributed by atoms with Gasteiger partial charge in [0.15, 0.2) is 5.82 Å².